The molecule has 0 aliphatic heterocycles. The largest absolute Gasteiger partial charge is 0.251 e. The zero-order valence-electron chi connectivity index (χ0n) is 11.3. The molecule has 2 rings (SSSR count). The Kier molecular flexibility index (Phi) is 4.81. The topological polar surface area (TPSA) is 29.5 Å². The SMILES string of the molecule is CC#Cc1ccc(C(OO)c2cc(F)c(F)c(F)c2)c(F)c1. The van der Waals surface area contributed by atoms with Crippen molar-refractivity contribution < 1.29 is 27.7 Å². The molecule has 0 heterocycles. The maximum absolute atomic E-state index is 14.1. The van der Waals surface area contributed by atoms with Crippen molar-refractivity contribution in [2.45, 2.75) is 13.0 Å². The van der Waals surface area contributed by atoms with E-state index in [0.29, 0.717) is 17.7 Å². The van der Waals surface area contributed by atoms with Crippen molar-refractivity contribution >= 4 is 0 Å². The summed E-state index contributed by atoms with van der Waals surface area (Å²) >= 11 is 0. The lowest BCUT2D eigenvalue weighted by molar-refractivity contribution is -0.271. The van der Waals surface area contributed by atoms with Crippen molar-refractivity contribution in [2.75, 3.05) is 0 Å². The van der Waals surface area contributed by atoms with Crippen molar-refractivity contribution in [3.63, 3.8) is 0 Å². The van der Waals surface area contributed by atoms with Crippen LogP contribution in [-0.4, -0.2) is 5.26 Å². The first-order valence-electron chi connectivity index (χ1n) is 6.14. The van der Waals surface area contributed by atoms with Crippen molar-refractivity contribution in [2.24, 2.45) is 0 Å². The monoisotopic (exact) mass is 310 g/mol. The average Bonchev–Trinajstić information content (AvgIpc) is 2.48. The third kappa shape index (κ3) is 3.11. The molecule has 114 valence electrons. The Hall–Kier alpha value is -2.36. The summed E-state index contributed by atoms with van der Waals surface area (Å²) in [6, 6.07) is 5.05. The van der Waals surface area contributed by atoms with Gasteiger partial charge in [-0.05, 0) is 36.8 Å². The highest BCUT2D eigenvalue weighted by Crippen LogP contribution is 2.29. The van der Waals surface area contributed by atoms with E-state index in [2.05, 4.69) is 16.7 Å². The van der Waals surface area contributed by atoms with Gasteiger partial charge in [-0.1, -0.05) is 12.0 Å². The summed E-state index contributed by atoms with van der Waals surface area (Å²) in [6.45, 7) is 1.58. The van der Waals surface area contributed by atoms with Gasteiger partial charge in [0.1, 0.15) is 11.9 Å². The molecular formula is C16H10F4O2. The van der Waals surface area contributed by atoms with Gasteiger partial charge >= 0.3 is 0 Å². The Bertz CT molecular complexity index is 739. The van der Waals surface area contributed by atoms with Crippen LogP contribution in [0.2, 0.25) is 0 Å². The van der Waals surface area contributed by atoms with Crippen LogP contribution in [0, 0.1) is 35.1 Å². The highest BCUT2D eigenvalue weighted by atomic mass is 19.2. The highest BCUT2D eigenvalue weighted by Gasteiger charge is 2.22. The van der Waals surface area contributed by atoms with Crippen LogP contribution in [0.15, 0.2) is 30.3 Å². The summed E-state index contributed by atoms with van der Waals surface area (Å²) < 4.78 is 53.5. The second-order valence-electron chi connectivity index (χ2n) is 4.40. The van der Waals surface area contributed by atoms with Gasteiger partial charge in [-0.2, -0.15) is 0 Å². The molecule has 2 aromatic rings. The van der Waals surface area contributed by atoms with Crippen LogP contribution in [0.25, 0.3) is 0 Å². The molecule has 0 aliphatic rings. The minimum atomic E-state index is -1.66. The van der Waals surface area contributed by atoms with E-state index in [9.17, 15) is 17.6 Å². The lowest BCUT2D eigenvalue weighted by Gasteiger charge is -2.15. The molecule has 1 atom stereocenters. The highest BCUT2D eigenvalue weighted by molar-refractivity contribution is 5.40. The van der Waals surface area contributed by atoms with E-state index in [1.54, 1.807) is 6.92 Å². The van der Waals surface area contributed by atoms with Gasteiger partial charge in [0.2, 0.25) is 0 Å². The van der Waals surface area contributed by atoms with Gasteiger partial charge < -0.3 is 0 Å². The molecule has 0 radical (unpaired) electrons. The molecule has 1 N–H and O–H groups in total. The Labute approximate surface area is 123 Å². The minimum Gasteiger partial charge on any atom is -0.251 e. The van der Waals surface area contributed by atoms with E-state index in [1.807, 2.05) is 0 Å². The molecule has 0 aliphatic carbocycles. The van der Waals surface area contributed by atoms with Crippen LogP contribution >= 0.6 is 0 Å². The molecule has 0 fully saturated rings. The Morgan fingerprint density at radius 1 is 1.00 bits per heavy atom. The van der Waals surface area contributed by atoms with Gasteiger partial charge in [0, 0.05) is 11.1 Å². The van der Waals surface area contributed by atoms with Crippen LogP contribution in [0.1, 0.15) is 29.7 Å². The smallest absolute Gasteiger partial charge is 0.194 e. The van der Waals surface area contributed by atoms with E-state index in [0.717, 1.165) is 6.07 Å². The molecule has 0 saturated heterocycles. The fourth-order valence-corrected chi connectivity index (χ4v) is 1.99. The predicted octanol–water partition coefficient (Wildman–Crippen LogP) is 4.19. The maximum atomic E-state index is 14.1. The Morgan fingerprint density at radius 2 is 1.64 bits per heavy atom. The molecule has 1 unspecified atom stereocenters. The normalized spacial score (nSPS) is 11.7. The predicted molar refractivity (Wildman–Crippen MR) is 70.8 cm³/mol. The van der Waals surface area contributed by atoms with Crippen LogP contribution in [0.4, 0.5) is 17.6 Å². The molecule has 0 aromatic heterocycles. The van der Waals surface area contributed by atoms with Gasteiger partial charge in [0.15, 0.2) is 17.5 Å². The van der Waals surface area contributed by atoms with E-state index in [-0.39, 0.29) is 11.1 Å². The van der Waals surface area contributed by atoms with Crippen molar-refractivity contribution in [3.8, 4) is 11.8 Å². The molecule has 0 amide bonds. The lowest BCUT2D eigenvalue weighted by Crippen LogP contribution is -2.08. The number of rotatable bonds is 3. The van der Waals surface area contributed by atoms with Crippen LogP contribution in [-0.2, 0) is 4.89 Å². The number of hydrogen-bond acceptors (Lipinski definition) is 2. The summed E-state index contributed by atoms with van der Waals surface area (Å²) in [7, 11) is 0. The maximum Gasteiger partial charge on any atom is 0.194 e. The number of hydrogen-bond donors (Lipinski definition) is 1. The third-order valence-corrected chi connectivity index (χ3v) is 2.97. The van der Waals surface area contributed by atoms with Crippen LogP contribution < -0.4 is 0 Å². The fourth-order valence-electron chi connectivity index (χ4n) is 1.99. The molecule has 0 bridgehead atoms. The first-order valence-corrected chi connectivity index (χ1v) is 6.14. The number of halogens is 4. The molecule has 0 saturated carbocycles. The van der Waals surface area contributed by atoms with Crippen molar-refractivity contribution in [1.29, 1.82) is 0 Å². The quantitative estimate of drug-likeness (QED) is 0.303. The molecular weight excluding hydrogens is 300 g/mol. The molecule has 6 heteroatoms. The third-order valence-electron chi connectivity index (χ3n) is 2.97. The summed E-state index contributed by atoms with van der Waals surface area (Å²) in [4.78, 5) is 4.12. The lowest BCUT2D eigenvalue weighted by atomic mass is 9.99. The molecule has 2 nitrogen and oxygen atoms in total. The first-order chi connectivity index (χ1) is 10.5. The van der Waals surface area contributed by atoms with E-state index in [4.69, 9.17) is 5.26 Å². The minimum absolute atomic E-state index is 0.172. The second-order valence-corrected chi connectivity index (χ2v) is 4.40. The number of benzene rings is 2. The van der Waals surface area contributed by atoms with Crippen LogP contribution in [0.3, 0.4) is 0 Å². The van der Waals surface area contributed by atoms with Gasteiger partial charge in [-0.25, -0.2) is 22.4 Å². The van der Waals surface area contributed by atoms with E-state index >= 15 is 0 Å². The van der Waals surface area contributed by atoms with Gasteiger partial charge in [0.25, 0.3) is 0 Å². The van der Waals surface area contributed by atoms with Gasteiger partial charge in [-0.15, -0.1) is 5.92 Å². The average molecular weight is 310 g/mol. The molecule has 22 heavy (non-hydrogen) atoms. The van der Waals surface area contributed by atoms with E-state index in [1.165, 1.54) is 12.1 Å². The Morgan fingerprint density at radius 3 is 2.14 bits per heavy atom. The molecule has 0 spiro atoms. The summed E-state index contributed by atoms with van der Waals surface area (Å²) in [5.74, 6) is -0.155. The zero-order valence-corrected chi connectivity index (χ0v) is 11.3. The van der Waals surface area contributed by atoms with Gasteiger partial charge in [0.05, 0.1) is 0 Å². The standard InChI is InChI=1S/C16H10F4O2/c1-2-3-9-4-5-11(12(17)6-9)16(22-21)10-7-13(18)15(20)14(19)8-10/h4-8,16,21H,1H3. The fraction of sp³-hybridized carbons (Fsp3) is 0.125. The summed E-state index contributed by atoms with van der Waals surface area (Å²) in [6.07, 6.45) is -1.51. The summed E-state index contributed by atoms with van der Waals surface area (Å²) in [5.41, 5.74) is -0.0569. The first kappa shape index (κ1) is 16.0. The molecule has 2 aromatic carbocycles. The van der Waals surface area contributed by atoms with Crippen molar-refractivity contribution in [1.82, 2.24) is 0 Å². The van der Waals surface area contributed by atoms with Gasteiger partial charge in [-0.3, -0.25) is 5.26 Å². The Balaban J connectivity index is 2.50. The van der Waals surface area contributed by atoms with E-state index < -0.39 is 29.4 Å². The zero-order chi connectivity index (χ0) is 16.3. The summed E-state index contributed by atoms with van der Waals surface area (Å²) in [5, 5.41) is 8.95. The van der Waals surface area contributed by atoms with Crippen molar-refractivity contribution in [3.05, 3.63) is 70.3 Å². The van der Waals surface area contributed by atoms with Crippen LogP contribution in [0.5, 0.6) is 0 Å². The second kappa shape index (κ2) is 6.60.